The molecule has 5 heteroatoms. The third-order valence-electron chi connectivity index (χ3n) is 8.69. The van der Waals surface area contributed by atoms with Gasteiger partial charge in [0.15, 0.2) is 0 Å². The Hall–Kier alpha value is -5.00. The van der Waals surface area contributed by atoms with E-state index in [1.165, 1.54) is 15.6 Å². The molecule has 4 aromatic carbocycles. The Labute approximate surface area is 281 Å². The number of hydrogen-bond donors (Lipinski definition) is 1. The monoisotopic (exact) mass is 633 g/mol. The zero-order valence-electron chi connectivity index (χ0n) is 27.7. The number of nitrogens with zero attached hydrogens (tertiary/aromatic N) is 3. The van der Waals surface area contributed by atoms with Crippen molar-refractivity contribution in [1.29, 1.82) is 0 Å². The molecule has 234 valence electrons. The molecule has 0 bridgehead atoms. The van der Waals surface area contributed by atoms with Gasteiger partial charge in [-0.25, -0.2) is 9.97 Å². The van der Waals surface area contributed by atoms with E-state index in [0.29, 0.717) is 5.75 Å². The lowest BCUT2D eigenvalue weighted by Gasteiger charge is -2.27. The molecule has 1 N–H and O–H groups in total. The van der Waals surface area contributed by atoms with Crippen LogP contribution in [-0.2, 0) is 10.8 Å². The molecule has 0 amide bonds. The van der Waals surface area contributed by atoms with E-state index in [1.54, 1.807) is 11.3 Å². The van der Waals surface area contributed by atoms with Gasteiger partial charge in [0.25, 0.3) is 0 Å². The second-order valence-electron chi connectivity index (χ2n) is 14.2. The maximum absolute atomic E-state index is 12.0. The standard InChI is InChI=1S/C42H39N3OS/c1-41(2,3)28-24-33(39(46)34(25-28)42(4,5)6)38-40-32(31-19-10-11-20-36(31)47-40)26-35(44-38)27-15-14-18-30(23-27)45(29-16-8-7-9-17-29)37-21-12-13-22-43-37/h7-26,46H,1-6H3. The van der Waals surface area contributed by atoms with Gasteiger partial charge in [-0.15, -0.1) is 11.3 Å². The van der Waals surface area contributed by atoms with Crippen LogP contribution >= 0.6 is 11.3 Å². The summed E-state index contributed by atoms with van der Waals surface area (Å²) in [6, 6.07) is 39.8. The Morgan fingerprint density at radius 1 is 0.660 bits per heavy atom. The molecule has 4 nitrogen and oxygen atoms in total. The van der Waals surface area contributed by atoms with Crippen LogP contribution < -0.4 is 4.90 Å². The molecule has 0 aliphatic heterocycles. The SMILES string of the molecule is CC(C)(C)c1cc(-c2nc(-c3cccc(N(c4ccccc4)c4ccccn4)c3)cc3c2sc2ccccc23)c(O)c(C(C)(C)C)c1. The van der Waals surface area contributed by atoms with Gasteiger partial charge in [-0.05, 0) is 71.0 Å². The normalized spacial score (nSPS) is 12.1. The number of phenolic OH excluding ortho intramolecular Hbond substituents is 1. The number of para-hydroxylation sites is 1. The van der Waals surface area contributed by atoms with Crippen LogP contribution in [0.25, 0.3) is 42.7 Å². The largest absolute Gasteiger partial charge is 0.507 e. The van der Waals surface area contributed by atoms with Crippen molar-refractivity contribution in [2.24, 2.45) is 0 Å². The Kier molecular flexibility index (Phi) is 7.60. The zero-order chi connectivity index (χ0) is 32.9. The van der Waals surface area contributed by atoms with Crippen molar-refractivity contribution < 1.29 is 5.11 Å². The van der Waals surface area contributed by atoms with E-state index in [4.69, 9.17) is 9.97 Å². The predicted octanol–water partition coefficient (Wildman–Crippen LogP) is 11.9. The highest BCUT2D eigenvalue weighted by Crippen LogP contribution is 2.47. The molecule has 0 aliphatic rings. The molecule has 0 fully saturated rings. The van der Waals surface area contributed by atoms with Crippen molar-refractivity contribution in [2.75, 3.05) is 4.90 Å². The minimum atomic E-state index is -0.252. The molecule has 7 aromatic rings. The quantitative estimate of drug-likeness (QED) is 0.205. The number of fused-ring (bicyclic) bond motifs is 3. The Bertz CT molecular complexity index is 2190. The molecule has 0 radical (unpaired) electrons. The summed E-state index contributed by atoms with van der Waals surface area (Å²) in [7, 11) is 0. The molecule has 0 atom stereocenters. The predicted molar refractivity (Wildman–Crippen MR) is 200 cm³/mol. The van der Waals surface area contributed by atoms with E-state index in [1.807, 2.05) is 42.6 Å². The molecule has 3 aromatic heterocycles. The van der Waals surface area contributed by atoms with Crippen LogP contribution in [0, 0.1) is 0 Å². The fraction of sp³-hybridized carbons (Fsp3) is 0.190. The van der Waals surface area contributed by atoms with Gasteiger partial charge in [-0.2, -0.15) is 0 Å². The number of rotatable bonds is 5. The van der Waals surface area contributed by atoms with Crippen LogP contribution in [0.4, 0.5) is 17.2 Å². The van der Waals surface area contributed by atoms with E-state index in [9.17, 15) is 5.11 Å². The minimum absolute atomic E-state index is 0.111. The lowest BCUT2D eigenvalue weighted by atomic mass is 9.78. The number of benzene rings is 4. The molecule has 0 spiro atoms. The third kappa shape index (κ3) is 5.77. The highest BCUT2D eigenvalue weighted by molar-refractivity contribution is 7.26. The molecule has 0 unspecified atom stereocenters. The summed E-state index contributed by atoms with van der Waals surface area (Å²) in [5.41, 5.74) is 7.17. The van der Waals surface area contributed by atoms with Gasteiger partial charge in [-0.1, -0.05) is 102 Å². The number of hydrogen-bond acceptors (Lipinski definition) is 5. The number of aromatic hydroxyl groups is 1. The molecule has 7 rings (SSSR count). The summed E-state index contributed by atoms with van der Waals surface area (Å²) < 4.78 is 2.27. The Morgan fingerprint density at radius 3 is 2.11 bits per heavy atom. The highest BCUT2D eigenvalue weighted by Gasteiger charge is 2.27. The number of anilines is 3. The molecule has 0 aliphatic carbocycles. The van der Waals surface area contributed by atoms with Crippen LogP contribution in [0.3, 0.4) is 0 Å². The van der Waals surface area contributed by atoms with Crippen molar-refractivity contribution in [3.63, 3.8) is 0 Å². The maximum atomic E-state index is 12.0. The average Bonchev–Trinajstić information content (AvgIpc) is 3.43. The first-order valence-corrected chi connectivity index (χ1v) is 16.9. The van der Waals surface area contributed by atoms with E-state index in [0.717, 1.165) is 55.4 Å². The van der Waals surface area contributed by atoms with E-state index >= 15 is 0 Å². The second kappa shape index (κ2) is 11.7. The average molecular weight is 634 g/mol. The van der Waals surface area contributed by atoms with Gasteiger partial charge in [0.05, 0.1) is 16.1 Å². The van der Waals surface area contributed by atoms with Crippen molar-refractivity contribution in [1.82, 2.24) is 9.97 Å². The third-order valence-corrected chi connectivity index (χ3v) is 9.89. The summed E-state index contributed by atoms with van der Waals surface area (Å²) in [5, 5.41) is 14.3. The number of aromatic nitrogens is 2. The van der Waals surface area contributed by atoms with E-state index < -0.39 is 0 Å². The molecule has 3 heterocycles. The Balaban J connectivity index is 1.49. The lowest BCUT2D eigenvalue weighted by Crippen LogP contribution is -2.17. The van der Waals surface area contributed by atoms with Crippen molar-refractivity contribution >= 4 is 48.7 Å². The highest BCUT2D eigenvalue weighted by atomic mass is 32.1. The Morgan fingerprint density at radius 2 is 1.38 bits per heavy atom. The van der Waals surface area contributed by atoms with Crippen LogP contribution in [-0.4, -0.2) is 15.1 Å². The van der Waals surface area contributed by atoms with Crippen LogP contribution in [0.15, 0.2) is 121 Å². The second-order valence-corrected chi connectivity index (χ2v) is 15.2. The zero-order valence-corrected chi connectivity index (χ0v) is 28.6. The van der Waals surface area contributed by atoms with Gasteiger partial charge in [0, 0.05) is 49.7 Å². The first-order valence-electron chi connectivity index (χ1n) is 16.1. The van der Waals surface area contributed by atoms with Crippen LogP contribution in [0.5, 0.6) is 5.75 Å². The fourth-order valence-corrected chi connectivity index (χ4v) is 7.34. The number of thiophene rings is 1. The minimum Gasteiger partial charge on any atom is -0.507 e. The first kappa shape index (κ1) is 30.6. The summed E-state index contributed by atoms with van der Waals surface area (Å²) in [5.74, 6) is 1.13. The van der Waals surface area contributed by atoms with Crippen molar-refractivity contribution in [3.8, 4) is 28.3 Å². The summed E-state index contributed by atoms with van der Waals surface area (Å²) in [6.07, 6.45) is 1.82. The van der Waals surface area contributed by atoms with Crippen LogP contribution in [0.1, 0.15) is 52.7 Å². The van der Waals surface area contributed by atoms with Crippen LogP contribution in [0.2, 0.25) is 0 Å². The molecule has 47 heavy (non-hydrogen) atoms. The van der Waals surface area contributed by atoms with Gasteiger partial charge in [0.2, 0.25) is 0 Å². The molecular weight excluding hydrogens is 595 g/mol. The van der Waals surface area contributed by atoms with E-state index in [2.05, 4.69) is 125 Å². The lowest BCUT2D eigenvalue weighted by molar-refractivity contribution is 0.446. The summed E-state index contributed by atoms with van der Waals surface area (Å²) in [4.78, 5) is 12.3. The topological polar surface area (TPSA) is 49.2 Å². The maximum Gasteiger partial charge on any atom is 0.137 e. The van der Waals surface area contributed by atoms with Crippen molar-refractivity contribution in [3.05, 3.63) is 133 Å². The summed E-state index contributed by atoms with van der Waals surface area (Å²) in [6.45, 7) is 13.1. The van der Waals surface area contributed by atoms with Gasteiger partial charge in [0.1, 0.15) is 11.6 Å². The smallest absolute Gasteiger partial charge is 0.137 e. The fourth-order valence-electron chi connectivity index (χ4n) is 6.16. The number of phenols is 1. The number of pyridine rings is 2. The van der Waals surface area contributed by atoms with E-state index in [-0.39, 0.29) is 10.8 Å². The van der Waals surface area contributed by atoms with Gasteiger partial charge >= 0.3 is 0 Å². The molecular formula is C42H39N3OS. The van der Waals surface area contributed by atoms with Gasteiger partial charge < -0.3 is 5.11 Å². The summed E-state index contributed by atoms with van der Waals surface area (Å²) >= 11 is 1.73. The first-order chi connectivity index (χ1) is 22.5. The molecule has 0 saturated heterocycles. The van der Waals surface area contributed by atoms with Gasteiger partial charge in [-0.3, -0.25) is 4.90 Å². The molecule has 0 saturated carbocycles. The van der Waals surface area contributed by atoms with Crippen molar-refractivity contribution in [2.45, 2.75) is 52.4 Å².